The molecule has 0 radical (unpaired) electrons. The van der Waals surface area contributed by atoms with Crippen molar-refractivity contribution in [1.29, 1.82) is 0 Å². The highest BCUT2D eigenvalue weighted by Gasteiger charge is 2.20. The third-order valence-corrected chi connectivity index (χ3v) is 5.40. The average molecular weight is 292 g/mol. The Bertz CT molecular complexity index is 664. The Hall–Kier alpha value is -1.76. The van der Waals surface area contributed by atoms with Gasteiger partial charge in [-0.15, -0.1) is 0 Å². The maximum Gasteiger partial charge on any atom is 0.126 e. The number of hydrogen-bond donors (Lipinski definition) is 0. The van der Waals surface area contributed by atoms with E-state index < -0.39 is 0 Å². The van der Waals surface area contributed by atoms with Crippen LogP contribution in [0.5, 0.6) is 5.75 Å². The topological polar surface area (TPSA) is 9.23 Å². The first-order valence-corrected chi connectivity index (χ1v) is 8.65. The number of rotatable bonds is 3. The molecular weight excluding hydrogens is 268 g/mol. The molecule has 0 aromatic heterocycles. The second-order valence-corrected chi connectivity index (χ2v) is 6.66. The molecule has 4 rings (SSSR count). The highest BCUT2D eigenvalue weighted by molar-refractivity contribution is 5.76. The molecule has 0 atom stereocenters. The van der Waals surface area contributed by atoms with Gasteiger partial charge in [-0.05, 0) is 90.5 Å². The van der Waals surface area contributed by atoms with Gasteiger partial charge in [0.2, 0.25) is 0 Å². The summed E-state index contributed by atoms with van der Waals surface area (Å²) in [5.74, 6) is 1.05. The molecule has 114 valence electrons. The second kappa shape index (κ2) is 5.46. The lowest BCUT2D eigenvalue weighted by molar-refractivity contribution is 0.416. The maximum atomic E-state index is 5.74. The summed E-state index contributed by atoms with van der Waals surface area (Å²) in [6.45, 7) is 2.26. The van der Waals surface area contributed by atoms with E-state index in [2.05, 4.69) is 31.2 Å². The van der Waals surface area contributed by atoms with Crippen LogP contribution in [0.3, 0.4) is 0 Å². The molecule has 1 nitrogen and oxygen atoms in total. The van der Waals surface area contributed by atoms with Crippen LogP contribution < -0.4 is 4.74 Å². The van der Waals surface area contributed by atoms with E-state index in [4.69, 9.17) is 4.74 Å². The van der Waals surface area contributed by atoms with Crippen molar-refractivity contribution in [2.75, 3.05) is 7.11 Å². The van der Waals surface area contributed by atoms with Crippen molar-refractivity contribution in [3.05, 3.63) is 52.1 Å². The molecule has 0 amide bonds. The van der Waals surface area contributed by atoms with Gasteiger partial charge in [0.25, 0.3) is 0 Å². The molecule has 1 heteroatoms. The first-order valence-electron chi connectivity index (χ1n) is 8.65. The van der Waals surface area contributed by atoms with E-state index in [-0.39, 0.29) is 0 Å². The minimum atomic E-state index is 1.05. The molecule has 2 aliphatic rings. The standard InChI is InChI=1S/C21H24O/c1-3-14-10-15-6-4-7-16(15)11-19(14)20-12-17-8-5-9-18(17)13-21(20)22-2/h10-13H,3-9H2,1-2H3. The molecule has 0 unspecified atom stereocenters. The molecule has 2 aromatic carbocycles. The van der Waals surface area contributed by atoms with E-state index >= 15 is 0 Å². The molecular formula is C21H24O. The van der Waals surface area contributed by atoms with Gasteiger partial charge in [0.15, 0.2) is 0 Å². The van der Waals surface area contributed by atoms with Crippen LogP contribution in [0.15, 0.2) is 24.3 Å². The van der Waals surface area contributed by atoms with Crippen LogP contribution in [-0.2, 0) is 32.1 Å². The Morgan fingerprint density at radius 2 is 1.32 bits per heavy atom. The fourth-order valence-corrected chi connectivity index (χ4v) is 4.20. The van der Waals surface area contributed by atoms with Gasteiger partial charge in [-0.2, -0.15) is 0 Å². The van der Waals surface area contributed by atoms with Crippen LogP contribution in [0.1, 0.15) is 47.6 Å². The normalized spacial score (nSPS) is 15.7. The third-order valence-electron chi connectivity index (χ3n) is 5.40. The van der Waals surface area contributed by atoms with Crippen LogP contribution in [-0.4, -0.2) is 7.11 Å². The molecule has 0 spiro atoms. The molecule has 2 aliphatic carbocycles. The Balaban J connectivity index is 1.91. The highest BCUT2D eigenvalue weighted by atomic mass is 16.5. The summed E-state index contributed by atoms with van der Waals surface area (Å²) >= 11 is 0. The predicted molar refractivity (Wildman–Crippen MR) is 91.9 cm³/mol. The molecule has 0 aliphatic heterocycles. The van der Waals surface area contributed by atoms with E-state index in [0.717, 1.165) is 12.2 Å². The zero-order chi connectivity index (χ0) is 15.1. The number of benzene rings is 2. The van der Waals surface area contributed by atoms with Crippen molar-refractivity contribution in [2.24, 2.45) is 0 Å². The lowest BCUT2D eigenvalue weighted by atomic mass is 9.91. The maximum absolute atomic E-state index is 5.74. The summed E-state index contributed by atoms with van der Waals surface area (Å²) < 4.78 is 5.74. The van der Waals surface area contributed by atoms with Gasteiger partial charge in [0.05, 0.1) is 7.11 Å². The number of methoxy groups -OCH3 is 1. The van der Waals surface area contributed by atoms with Crippen molar-refractivity contribution in [2.45, 2.75) is 51.9 Å². The third kappa shape index (κ3) is 2.15. The van der Waals surface area contributed by atoms with Crippen molar-refractivity contribution in [3.63, 3.8) is 0 Å². The first-order chi connectivity index (χ1) is 10.8. The van der Waals surface area contributed by atoms with E-state index in [9.17, 15) is 0 Å². The molecule has 22 heavy (non-hydrogen) atoms. The van der Waals surface area contributed by atoms with Crippen molar-refractivity contribution >= 4 is 0 Å². The van der Waals surface area contributed by atoms with E-state index in [1.54, 1.807) is 18.2 Å². The lowest BCUT2D eigenvalue weighted by Gasteiger charge is -2.16. The van der Waals surface area contributed by atoms with Crippen molar-refractivity contribution in [1.82, 2.24) is 0 Å². The SMILES string of the molecule is CCc1cc2c(cc1-c1cc3c(cc1OC)CCC3)CCC2. The molecule has 2 aromatic rings. The summed E-state index contributed by atoms with van der Waals surface area (Å²) in [7, 11) is 1.80. The monoisotopic (exact) mass is 292 g/mol. The summed E-state index contributed by atoms with van der Waals surface area (Å²) in [6.07, 6.45) is 8.60. The fraction of sp³-hybridized carbons (Fsp3) is 0.429. The molecule has 0 saturated carbocycles. The smallest absolute Gasteiger partial charge is 0.126 e. The fourth-order valence-electron chi connectivity index (χ4n) is 4.20. The van der Waals surface area contributed by atoms with Crippen molar-refractivity contribution in [3.8, 4) is 16.9 Å². The van der Waals surface area contributed by atoms with E-state index in [1.165, 1.54) is 66.3 Å². The minimum Gasteiger partial charge on any atom is -0.496 e. The number of hydrogen-bond acceptors (Lipinski definition) is 1. The highest BCUT2D eigenvalue weighted by Crippen LogP contribution is 2.40. The summed E-state index contributed by atoms with van der Waals surface area (Å²) in [5, 5.41) is 0. The van der Waals surface area contributed by atoms with E-state index in [1.807, 2.05) is 0 Å². The molecule has 0 saturated heterocycles. The largest absolute Gasteiger partial charge is 0.496 e. The van der Waals surface area contributed by atoms with Crippen LogP contribution in [0.2, 0.25) is 0 Å². The Labute approximate surface area is 133 Å². The van der Waals surface area contributed by atoms with Crippen LogP contribution in [0.25, 0.3) is 11.1 Å². The number of fused-ring (bicyclic) bond motifs is 2. The molecule has 0 N–H and O–H groups in total. The quantitative estimate of drug-likeness (QED) is 0.781. The molecule has 0 heterocycles. The van der Waals surface area contributed by atoms with Gasteiger partial charge >= 0.3 is 0 Å². The zero-order valence-corrected chi connectivity index (χ0v) is 13.7. The lowest BCUT2D eigenvalue weighted by Crippen LogP contribution is -1.97. The Kier molecular flexibility index (Phi) is 3.44. The molecule has 0 bridgehead atoms. The van der Waals surface area contributed by atoms with Crippen LogP contribution in [0.4, 0.5) is 0 Å². The van der Waals surface area contributed by atoms with E-state index in [0.29, 0.717) is 0 Å². The minimum absolute atomic E-state index is 1.05. The van der Waals surface area contributed by atoms with Gasteiger partial charge < -0.3 is 4.74 Å². The van der Waals surface area contributed by atoms with Gasteiger partial charge in [-0.1, -0.05) is 19.1 Å². The summed E-state index contributed by atoms with van der Waals surface area (Å²) in [6, 6.07) is 9.58. The van der Waals surface area contributed by atoms with Gasteiger partial charge in [0.1, 0.15) is 5.75 Å². The summed E-state index contributed by atoms with van der Waals surface area (Å²) in [5.41, 5.74) is 10.3. The Morgan fingerprint density at radius 1 is 0.773 bits per heavy atom. The van der Waals surface area contributed by atoms with Crippen LogP contribution >= 0.6 is 0 Å². The second-order valence-electron chi connectivity index (χ2n) is 6.66. The predicted octanol–water partition coefficient (Wildman–Crippen LogP) is 4.90. The van der Waals surface area contributed by atoms with Crippen LogP contribution in [0, 0.1) is 0 Å². The van der Waals surface area contributed by atoms with Gasteiger partial charge in [0, 0.05) is 5.56 Å². The van der Waals surface area contributed by atoms with Gasteiger partial charge in [-0.3, -0.25) is 0 Å². The summed E-state index contributed by atoms with van der Waals surface area (Å²) in [4.78, 5) is 0. The van der Waals surface area contributed by atoms with Gasteiger partial charge in [-0.25, -0.2) is 0 Å². The first kappa shape index (κ1) is 13.9. The Morgan fingerprint density at radius 3 is 1.91 bits per heavy atom. The number of ether oxygens (including phenoxy) is 1. The average Bonchev–Trinajstić information content (AvgIpc) is 3.19. The number of aryl methyl sites for hydroxylation is 5. The zero-order valence-electron chi connectivity index (χ0n) is 13.7. The van der Waals surface area contributed by atoms with Crippen molar-refractivity contribution < 1.29 is 4.74 Å². The molecule has 0 fully saturated rings.